The van der Waals surface area contributed by atoms with E-state index in [4.69, 9.17) is 14.9 Å². The van der Waals surface area contributed by atoms with E-state index in [-0.39, 0.29) is 23.7 Å². The molecule has 0 amide bonds. The number of carbonyl (C=O) groups is 1. The molecule has 4 aromatic rings. The number of aryl methyl sites for hydroxylation is 2. The van der Waals surface area contributed by atoms with Gasteiger partial charge in [0.15, 0.2) is 4.34 Å². The zero-order valence-corrected chi connectivity index (χ0v) is 19.7. The molecule has 0 aliphatic carbocycles. The highest BCUT2D eigenvalue weighted by Gasteiger charge is 2.24. The van der Waals surface area contributed by atoms with Crippen LogP contribution in [0.4, 0.5) is 16.6 Å². The molecular formula is C21H22N6O3S2. The third-order valence-electron chi connectivity index (χ3n) is 4.86. The summed E-state index contributed by atoms with van der Waals surface area (Å²) >= 11 is 2.89. The molecule has 0 fully saturated rings. The molecule has 0 bridgehead atoms. The van der Waals surface area contributed by atoms with Crippen LogP contribution in [0.1, 0.15) is 40.0 Å². The van der Waals surface area contributed by atoms with Gasteiger partial charge in [0.1, 0.15) is 23.0 Å². The number of thioether (sulfide) groups is 1. The minimum absolute atomic E-state index is 0.181. The Balaban J connectivity index is 1.49. The van der Waals surface area contributed by atoms with E-state index in [0.717, 1.165) is 10.0 Å². The van der Waals surface area contributed by atoms with Crippen molar-refractivity contribution in [2.24, 2.45) is 0 Å². The Labute approximate surface area is 192 Å². The molecule has 0 saturated heterocycles. The first-order chi connectivity index (χ1) is 15.4. The molecule has 32 heavy (non-hydrogen) atoms. The van der Waals surface area contributed by atoms with Crippen LogP contribution in [0.2, 0.25) is 0 Å². The zero-order chi connectivity index (χ0) is 22.8. The Hall–Kier alpha value is -3.18. The van der Waals surface area contributed by atoms with Crippen LogP contribution >= 0.6 is 23.1 Å². The summed E-state index contributed by atoms with van der Waals surface area (Å²) in [6.45, 7) is 7.80. The normalized spacial score (nSPS) is 11.1. The van der Waals surface area contributed by atoms with Crippen LogP contribution in [0, 0.1) is 20.8 Å². The van der Waals surface area contributed by atoms with Crippen LogP contribution in [0.15, 0.2) is 27.0 Å². The van der Waals surface area contributed by atoms with Crippen molar-refractivity contribution in [3.8, 4) is 0 Å². The van der Waals surface area contributed by atoms with Crippen LogP contribution in [-0.4, -0.2) is 32.7 Å². The number of rotatable bonds is 7. The van der Waals surface area contributed by atoms with Crippen molar-refractivity contribution in [1.82, 2.24) is 20.2 Å². The Morgan fingerprint density at radius 2 is 2.06 bits per heavy atom. The Morgan fingerprint density at radius 1 is 1.25 bits per heavy atom. The number of aromatic nitrogens is 4. The number of nitrogens with two attached hydrogens (primary N) is 1. The maximum atomic E-state index is 12.2. The van der Waals surface area contributed by atoms with Gasteiger partial charge in [-0.1, -0.05) is 35.2 Å². The van der Waals surface area contributed by atoms with Gasteiger partial charge in [-0.05, 0) is 44.9 Å². The van der Waals surface area contributed by atoms with E-state index in [1.165, 1.54) is 34.2 Å². The smallest absolute Gasteiger partial charge is 0.342 e. The van der Waals surface area contributed by atoms with E-state index in [2.05, 4.69) is 45.4 Å². The molecule has 1 aromatic carbocycles. The van der Waals surface area contributed by atoms with Crippen molar-refractivity contribution in [3.63, 3.8) is 0 Å². The third-order valence-corrected chi connectivity index (χ3v) is 6.83. The number of nitrogens with one attached hydrogen (secondary N) is 1. The van der Waals surface area contributed by atoms with Crippen LogP contribution < -0.4 is 11.1 Å². The number of fused-ring (bicyclic) bond motifs is 1. The Bertz CT molecular complexity index is 1300. The summed E-state index contributed by atoms with van der Waals surface area (Å²) in [5.41, 5.74) is 10.0. The van der Waals surface area contributed by atoms with E-state index >= 15 is 0 Å². The lowest BCUT2D eigenvalue weighted by Gasteiger charge is -2.08. The molecule has 0 radical (unpaired) electrons. The number of esters is 1. The fourth-order valence-corrected chi connectivity index (χ4v) is 4.76. The molecule has 166 valence electrons. The minimum Gasteiger partial charge on any atom is -0.462 e. The third kappa shape index (κ3) is 4.39. The minimum atomic E-state index is -0.501. The lowest BCUT2D eigenvalue weighted by Crippen LogP contribution is -2.07. The lowest BCUT2D eigenvalue weighted by atomic mass is 10.1. The van der Waals surface area contributed by atoms with Crippen molar-refractivity contribution >= 4 is 56.8 Å². The number of hydrogen-bond acceptors (Lipinski definition) is 11. The molecule has 3 aromatic heterocycles. The highest BCUT2D eigenvalue weighted by molar-refractivity contribution is 8.00. The summed E-state index contributed by atoms with van der Waals surface area (Å²) in [6, 6.07) is 6.09. The van der Waals surface area contributed by atoms with Gasteiger partial charge in [-0.3, -0.25) is 0 Å². The second-order valence-electron chi connectivity index (χ2n) is 6.99. The molecule has 3 N–H and O–H groups in total. The molecule has 3 heterocycles. The van der Waals surface area contributed by atoms with Gasteiger partial charge in [-0.2, -0.15) is 4.98 Å². The largest absolute Gasteiger partial charge is 0.462 e. The number of furan rings is 1. The fraction of sp³-hybridized carbons (Fsp3) is 0.286. The van der Waals surface area contributed by atoms with Gasteiger partial charge in [-0.25, -0.2) is 9.78 Å². The molecule has 0 unspecified atom stereocenters. The summed E-state index contributed by atoms with van der Waals surface area (Å²) < 4.78 is 11.5. The van der Waals surface area contributed by atoms with Crippen molar-refractivity contribution < 1.29 is 13.9 Å². The zero-order valence-electron chi connectivity index (χ0n) is 18.1. The van der Waals surface area contributed by atoms with E-state index in [1.807, 2.05) is 12.1 Å². The average molecular weight is 471 g/mol. The average Bonchev–Trinajstić information content (AvgIpc) is 3.33. The monoisotopic (exact) mass is 470 g/mol. The number of nitrogen functional groups attached to an aromatic ring is 1. The molecular weight excluding hydrogens is 448 g/mol. The van der Waals surface area contributed by atoms with Gasteiger partial charge in [-0.15, -0.1) is 10.2 Å². The standard InChI is InChI=1S/C21H22N6O3S2/c1-5-29-19(28)15-12(4)30-18-16(15)17(22)24-14(25-18)9-31-21-27-26-20(32-21)23-13-8-6-7-10(2)11(13)3/h6-8H,5,9H2,1-4H3,(H,23,26)(H2,22,24,25). The summed E-state index contributed by atoms with van der Waals surface area (Å²) in [5.74, 6) is 0.977. The molecule has 0 atom stereocenters. The summed E-state index contributed by atoms with van der Waals surface area (Å²) in [5, 5.41) is 12.8. The predicted octanol–water partition coefficient (Wildman–Crippen LogP) is 4.79. The SMILES string of the molecule is CCOC(=O)c1c(C)oc2nc(CSc3nnc(Nc4cccc(C)c4C)s3)nc(N)c12. The number of carbonyl (C=O) groups excluding carboxylic acids is 1. The quantitative estimate of drug-likeness (QED) is 0.287. The van der Waals surface area contributed by atoms with Crippen molar-refractivity contribution in [2.75, 3.05) is 17.7 Å². The van der Waals surface area contributed by atoms with E-state index < -0.39 is 5.97 Å². The van der Waals surface area contributed by atoms with Crippen LogP contribution in [-0.2, 0) is 10.5 Å². The number of hydrogen-bond donors (Lipinski definition) is 2. The highest BCUT2D eigenvalue weighted by atomic mass is 32.2. The first-order valence-electron chi connectivity index (χ1n) is 9.89. The first kappa shape index (κ1) is 22.0. The van der Waals surface area contributed by atoms with Crippen molar-refractivity contribution in [1.29, 1.82) is 0 Å². The highest BCUT2D eigenvalue weighted by Crippen LogP contribution is 2.33. The molecule has 0 saturated carbocycles. The Kier molecular flexibility index (Phi) is 6.28. The number of benzene rings is 1. The lowest BCUT2D eigenvalue weighted by molar-refractivity contribution is 0.0526. The van der Waals surface area contributed by atoms with Gasteiger partial charge >= 0.3 is 5.97 Å². The van der Waals surface area contributed by atoms with E-state index in [0.29, 0.717) is 27.9 Å². The van der Waals surface area contributed by atoms with Gasteiger partial charge in [0.2, 0.25) is 10.8 Å². The second-order valence-corrected chi connectivity index (χ2v) is 9.19. The molecule has 0 spiro atoms. The Morgan fingerprint density at radius 3 is 2.84 bits per heavy atom. The van der Waals surface area contributed by atoms with Gasteiger partial charge in [0, 0.05) is 5.69 Å². The summed E-state index contributed by atoms with van der Waals surface area (Å²) in [4.78, 5) is 21.0. The molecule has 4 rings (SSSR count). The van der Waals surface area contributed by atoms with E-state index in [9.17, 15) is 4.79 Å². The molecule has 9 nitrogen and oxygen atoms in total. The van der Waals surface area contributed by atoms with Crippen LogP contribution in [0.5, 0.6) is 0 Å². The maximum Gasteiger partial charge on any atom is 0.342 e. The number of ether oxygens (including phenoxy) is 1. The predicted molar refractivity (Wildman–Crippen MR) is 126 cm³/mol. The summed E-state index contributed by atoms with van der Waals surface area (Å²) in [6.07, 6.45) is 0. The molecule has 0 aliphatic rings. The van der Waals surface area contributed by atoms with Gasteiger partial charge in [0.05, 0.1) is 17.7 Å². The van der Waals surface area contributed by atoms with Crippen molar-refractivity contribution in [3.05, 3.63) is 46.5 Å². The maximum absolute atomic E-state index is 12.2. The summed E-state index contributed by atoms with van der Waals surface area (Å²) in [7, 11) is 0. The van der Waals surface area contributed by atoms with Gasteiger partial charge in [0.25, 0.3) is 0 Å². The molecule has 0 aliphatic heterocycles. The number of anilines is 3. The van der Waals surface area contributed by atoms with Crippen molar-refractivity contribution in [2.45, 2.75) is 37.8 Å². The van der Waals surface area contributed by atoms with E-state index in [1.54, 1.807) is 13.8 Å². The topological polar surface area (TPSA) is 129 Å². The van der Waals surface area contributed by atoms with Crippen LogP contribution in [0.25, 0.3) is 11.1 Å². The fourth-order valence-electron chi connectivity index (χ4n) is 3.14. The number of nitrogens with zero attached hydrogens (tertiary/aromatic N) is 4. The second kappa shape index (κ2) is 9.13. The first-order valence-corrected chi connectivity index (χ1v) is 11.7. The van der Waals surface area contributed by atoms with Crippen LogP contribution in [0.3, 0.4) is 0 Å². The van der Waals surface area contributed by atoms with Gasteiger partial charge < -0.3 is 20.2 Å². The molecule has 11 heteroatoms.